The summed E-state index contributed by atoms with van der Waals surface area (Å²) < 4.78 is 4.96. The summed E-state index contributed by atoms with van der Waals surface area (Å²) in [6.45, 7) is 9.46. The Balaban J connectivity index is 2.33. The predicted molar refractivity (Wildman–Crippen MR) is 58.2 cm³/mol. The monoisotopic (exact) mass is 210 g/mol. The average molecular weight is 210 g/mol. The van der Waals surface area contributed by atoms with Crippen molar-refractivity contribution in [2.45, 2.75) is 38.4 Å². The molecule has 0 amide bonds. The minimum atomic E-state index is -0.423. The van der Waals surface area contributed by atoms with E-state index in [1.54, 1.807) is 6.08 Å². The summed E-state index contributed by atoms with van der Waals surface area (Å²) in [5.74, 6) is -0.0199. The molecule has 84 valence electrons. The van der Waals surface area contributed by atoms with Crippen molar-refractivity contribution in [3.05, 3.63) is 24.8 Å². The van der Waals surface area contributed by atoms with Crippen LogP contribution < -0.4 is 0 Å². The molecule has 3 atom stereocenters. The third-order valence-corrected chi connectivity index (χ3v) is 2.79. The molecular weight excluding hydrogens is 192 g/mol. The van der Waals surface area contributed by atoms with Gasteiger partial charge in [0.25, 0.3) is 0 Å². The molecule has 0 aromatic heterocycles. The first-order valence-electron chi connectivity index (χ1n) is 5.20. The maximum Gasteiger partial charge on any atom is 0.309 e. The molecule has 0 aromatic carbocycles. The number of hydrogen-bond acceptors (Lipinski definition) is 3. The third kappa shape index (κ3) is 3.20. The first-order chi connectivity index (χ1) is 7.04. The summed E-state index contributed by atoms with van der Waals surface area (Å²) in [7, 11) is 0. The fourth-order valence-electron chi connectivity index (χ4n) is 1.63. The highest BCUT2D eigenvalue weighted by Gasteiger charge is 2.34. The van der Waals surface area contributed by atoms with Crippen molar-refractivity contribution in [2.75, 3.05) is 0 Å². The smallest absolute Gasteiger partial charge is 0.309 e. The van der Waals surface area contributed by atoms with E-state index in [4.69, 9.17) is 4.74 Å². The number of ether oxygens (including phenoxy) is 1. The van der Waals surface area contributed by atoms with E-state index in [-0.39, 0.29) is 18.0 Å². The molecule has 1 saturated heterocycles. The Hall–Kier alpha value is -1.09. The molecule has 15 heavy (non-hydrogen) atoms. The molecule has 1 aliphatic rings. The van der Waals surface area contributed by atoms with Gasteiger partial charge in [0, 0.05) is 5.92 Å². The Kier molecular flexibility index (Phi) is 4.09. The van der Waals surface area contributed by atoms with E-state index in [0.29, 0.717) is 19.3 Å². The zero-order valence-corrected chi connectivity index (χ0v) is 9.11. The zero-order chi connectivity index (χ0) is 11.4. The number of cyclic esters (lactones) is 1. The lowest BCUT2D eigenvalue weighted by Crippen LogP contribution is -2.38. The SMILES string of the molecule is C=CC[C@H](O)CC(=C)[C@H](C)C1CC(=O)O1. The van der Waals surface area contributed by atoms with Gasteiger partial charge in [-0.2, -0.15) is 0 Å². The van der Waals surface area contributed by atoms with E-state index in [0.717, 1.165) is 5.57 Å². The molecule has 0 bridgehead atoms. The Morgan fingerprint density at radius 2 is 2.40 bits per heavy atom. The van der Waals surface area contributed by atoms with Crippen molar-refractivity contribution in [1.29, 1.82) is 0 Å². The molecule has 0 aromatic rings. The van der Waals surface area contributed by atoms with Gasteiger partial charge in [0.15, 0.2) is 0 Å². The average Bonchev–Trinajstić information content (AvgIpc) is 2.12. The number of esters is 1. The van der Waals surface area contributed by atoms with Crippen LogP contribution in [0.5, 0.6) is 0 Å². The van der Waals surface area contributed by atoms with Gasteiger partial charge in [0.1, 0.15) is 6.10 Å². The van der Waals surface area contributed by atoms with Crippen LogP contribution in [0.25, 0.3) is 0 Å². The highest BCUT2D eigenvalue weighted by molar-refractivity contribution is 5.75. The lowest BCUT2D eigenvalue weighted by atomic mass is 9.88. The highest BCUT2D eigenvalue weighted by atomic mass is 16.6. The summed E-state index contributed by atoms with van der Waals surface area (Å²) in [6.07, 6.45) is 2.80. The van der Waals surface area contributed by atoms with Crippen LogP contribution >= 0.6 is 0 Å². The van der Waals surface area contributed by atoms with Crippen LogP contribution in [0.15, 0.2) is 24.8 Å². The Morgan fingerprint density at radius 1 is 1.80 bits per heavy atom. The number of rotatable bonds is 6. The van der Waals surface area contributed by atoms with Crippen molar-refractivity contribution in [2.24, 2.45) is 5.92 Å². The van der Waals surface area contributed by atoms with Gasteiger partial charge in [0.05, 0.1) is 12.5 Å². The second kappa shape index (κ2) is 5.12. The van der Waals surface area contributed by atoms with E-state index in [1.165, 1.54) is 0 Å². The summed E-state index contributed by atoms with van der Waals surface area (Å²) >= 11 is 0. The molecule has 1 N–H and O–H groups in total. The molecule has 1 rings (SSSR count). The first kappa shape index (κ1) is 12.0. The molecule has 1 heterocycles. The summed E-state index contributed by atoms with van der Waals surface area (Å²) in [4.78, 5) is 10.6. The van der Waals surface area contributed by atoms with Crippen LogP contribution in [-0.2, 0) is 9.53 Å². The molecule has 1 unspecified atom stereocenters. The molecular formula is C12H18O3. The topological polar surface area (TPSA) is 46.5 Å². The minimum Gasteiger partial charge on any atom is -0.461 e. The number of carbonyl (C=O) groups excluding carboxylic acids is 1. The Labute approximate surface area is 90.4 Å². The molecule has 1 aliphatic heterocycles. The largest absolute Gasteiger partial charge is 0.461 e. The molecule has 0 radical (unpaired) electrons. The van der Waals surface area contributed by atoms with Gasteiger partial charge in [0.2, 0.25) is 0 Å². The van der Waals surface area contributed by atoms with Crippen molar-refractivity contribution >= 4 is 5.97 Å². The van der Waals surface area contributed by atoms with Crippen molar-refractivity contribution < 1.29 is 14.6 Å². The van der Waals surface area contributed by atoms with E-state index in [9.17, 15) is 9.90 Å². The molecule has 0 spiro atoms. The lowest BCUT2D eigenvalue weighted by molar-refractivity contribution is -0.172. The molecule has 3 nitrogen and oxygen atoms in total. The zero-order valence-electron chi connectivity index (χ0n) is 9.11. The second-order valence-corrected chi connectivity index (χ2v) is 4.06. The van der Waals surface area contributed by atoms with Crippen LogP contribution in [0.1, 0.15) is 26.2 Å². The van der Waals surface area contributed by atoms with Gasteiger partial charge in [-0.05, 0) is 12.8 Å². The Morgan fingerprint density at radius 3 is 2.87 bits per heavy atom. The van der Waals surface area contributed by atoms with Crippen molar-refractivity contribution in [1.82, 2.24) is 0 Å². The highest BCUT2D eigenvalue weighted by Crippen LogP contribution is 2.28. The fraction of sp³-hybridized carbons (Fsp3) is 0.583. The fourth-order valence-corrected chi connectivity index (χ4v) is 1.63. The first-order valence-corrected chi connectivity index (χ1v) is 5.20. The van der Waals surface area contributed by atoms with Crippen LogP contribution in [0.2, 0.25) is 0 Å². The van der Waals surface area contributed by atoms with Crippen LogP contribution in [0.4, 0.5) is 0 Å². The number of aliphatic hydroxyl groups is 1. The number of hydrogen-bond donors (Lipinski definition) is 1. The van der Waals surface area contributed by atoms with Crippen LogP contribution in [-0.4, -0.2) is 23.3 Å². The van der Waals surface area contributed by atoms with Gasteiger partial charge in [-0.1, -0.05) is 25.2 Å². The summed E-state index contributed by atoms with van der Waals surface area (Å²) in [5, 5.41) is 9.55. The Bertz CT molecular complexity index is 262. The summed E-state index contributed by atoms with van der Waals surface area (Å²) in [5.41, 5.74) is 0.932. The van der Waals surface area contributed by atoms with Crippen LogP contribution in [0.3, 0.4) is 0 Å². The maximum atomic E-state index is 10.6. The van der Waals surface area contributed by atoms with Crippen LogP contribution in [0, 0.1) is 5.92 Å². The van der Waals surface area contributed by atoms with E-state index in [2.05, 4.69) is 13.2 Å². The second-order valence-electron chi connectivity index (χ2n) is 4.06. The van der Waals surface area contributed by atoms with Crippen molar-refractivity contribution in [3.8, 4) is 0 Å². The number of aliphatic hydroxyl groups excluding tert-OH is 1. The summed E-state index contributed by atoms with van der Waals surface area (Å²) in [6, 6.07) is 0. The number of carbonyl (C=O) groups is 1. The quantitative estimate of drug-likeness (QED) is 0.537. The standard InChI is InChI=1S/C12H18O3/c1-4-5-10(13)6-8(2)9(3)11-7-12(14)15-11/h4,9-11,13H,1-2,5-7H2,3H3/t9-,10-,11?/m0/s1. The predicted octanol–water partition coefficient (Wildman–Crippen LogP) is 1.82. The minimum absolute atomic E-state index is 0.0408. The molecule has 3 heteroatoms. The normalized spacial score (nSPS) is 23.6. The van der Waals surface area contributed by atoms with E-state index >= 15 is 0 Å². The van der Waals surface area contributed by atoms with Crippen molar-refractivity contribution in [3.63, 3.8) is 0 Å². The maximum absolute atomic E-state index is 10.6. The third-order valence-electron chi connectivity index (χ3n) is 2.79. The van der Waals surface area contributed by atoms with E-state index < -0.39 is 6.10 Å². The van der Waals surface area contributed by atoms with E-state index in [1.807, 2.05) is 6.92 Å². The van der Waals surface area contributed by atoms with Gasteiger partial charge < -0.3 is 9.84 Å². The van der Waals surface area contributed by atoms with Gasteiger partial charge in [-0.3, -0.25) is 4.79 Å². The molecule has 1 fully saturated rings. The van der Waals surface area contributed by atoms with Gasteiger partial charge in [-0.15, -0.1) is 6.58 Å². The van der Waals surface area contributed by atoms with Gasteiger partial charge >= 0.3 is 5.97 Å². The lowest BCUT2D eigenvalue weighted by Gasteiger charge is -2.32. The molecule has 0 aliphatic carbocycles. The molecule has 0 saturated carbocycles. The van der Waals surface area contributed by atoms with Gasteiger partial charge in [-0.25, -0.2) is 0 Å².